The minimum atomic E-state index is -0.512. The van der Waals surface area contributed by atoms with Crippen molar-refractivity contribution in [3.05, 3.63) is 74.0 Å². The fourth-order valence-electron chi connectivity index (χ4n) is 4.40. The van der Waals surface area contributed by atoms with Crippen LogP contribution in [-0.2, 0) is 24.8 Å². The highest BCUT2D eigenvalue weighted by molar-refractivity contribution is 6.30. The van der Waals surface area contributed by atoms with Gasteiger partial charge in [0.25, 0.3) is 5.91 Å². The molecule has 36 heavy (non-hydrogen) atoms. The lowest BCUT2D eigenvalue weighted by atomic mass is 9.91. The second-order valence-corrected chi connectivity index (χ2v) is 9.89. The molecule has 0 bridgehead atoms. The van der Waals surface area contributed by atoms with Gasteiger partial charge < -0.3 is 10.1 Å². The van der Waals surface area contributed by atoms with E-state index in [9.17, 15) is 9.59 Å². The Bertz CT molecular complexity index is 1360. The second-order valence-electron chi connectivity index (χ2n) is 9.45. The van der Waals surface area contributed by atoms with Crippen molar-refractivity contribution in [3.63, 3.8) is 0 Å². The zero-order valence-corrected chi connectivity index (χ0v) is 21.7. The lowest BCUT2D eigenvalue weighted by Crippen LogP contribution is -2.31. The Morgan fingerprint density at radius 1 is 1.19 bits per heavy atom. The zero-order chi connectivity index (χ0) is 25.7. The smallest absolute Gasteiger partial charge is 0.276 e. The molecule has 0 atom stereocenters. The van der Waals surface area contributed by atoms with Gasteiger partial charge in [0, 0.05) is 31.8 Å². The third-order valence-corrected chi connectivity index (χ3v) is 6.52. The molecule has 1 amide bonds. The fraction of sp³-hybridized carbons (Fsp3) is 0.393. The van der Waals surface area contributed by atoms with Gasteiger partial charge in [0.2, 0.25) is 5.43 Å². The highest BCUT2D eigenvalue weighted by atomic mass is 35.5. The van der Waals surface area contributed by atoms with Crippen LogP contribution in [0, 0.1) is 17.8 Å². The number of fused-ring (bicyclic) bond motifs is 1. The summed E-state index contributed by atoms with van der Waals surface area (Å²) in [6, 6.07) is 11.1. The normalized spacial score (nSPS) is 14.0. The highest BCUT2D eigenvalue weighted by Gasteiger charge is 2.20. The number of carbonyl (C=O) groups is 1. The molecule has 0 spiro atoms. The number of ether oxygens (including phenoxy) is 1. The Labute approximate surface area is 216 Å². The molecule has 0 unspecified atom stereocenters. The van der Waals surface area contributed by atoms with Crippen molar-refractivity contribution in [2.45, 2.75) is 25.8 Å². The Balaban J connectivity index is 1.71. The van der Waals surface area contributed by atoms with Crippen LogP contribution in [0.5, 0.6) is 0 Å². The molecular weight excluding hydrogens is 476 g/mol. The average molecular weight is 507 g/mol. The number of aryl methyl sites for hydroxylation is 1. The summed E-state index contributed by atoms with van der Waals surface area (Å²) in [6.45, 7) is 2.39. The van der Waals surface area contributed by atoms with Crippen LogP contribution in [0.4, 0.5) is 0 Å². The van der Waals surface area contributed by atoms with Gasteiger partial charge in [-0.25, -0.2) is 0 Å². The minimum absolute atomic E-state index is 0.130. The van der Waals surface area contributed by atoms with Crippen molar-refractivity contribution >= 4 is 28.4 Å². The summed E-state index contributed by atoms with van der Waals surface area (Å²) in [5.74, 6) is 6.39. The van der Waals surface area contributed by atoms with Crippen molar-refractivity contribution in [3.8, 4) is 11.8 Å². The van der Waals surface area contributed by atoms with E-state index in [1.807, 2.05) is 37.2 Å². The van der Waals surface area contributed by atoms with E-state index >= 15 is 0 Å². The monoisotopic (exact) mass is 506 g/mol. The lowest BCUT2D eigenvalue weighted by Gasteiger charge is -2.22. The average Bonchev–Trinajstić information content (AvgIpc) is 2.86. The van der Waals surface area contributed by atoms with Crippen LogP contribution >= 0.6 is 11.6 Å². The first-order valence-electron chi connectivity index (χ1n) is 12.1. The molecule has 3 aromatic rings. The number of hydrogen-bond acceptors (Lipinski definition) is 5. The molecule has 1 aliphatic rings. The van der Waals surface area contributed by atoms with Gasteiger partial charge in [-0.15, -0.1) is 0 Å². The molecule has 0 saturated carbocycles. The number of nitrogens with zero attached hydrogens (tertiary/aromatic N) is 3. The second kappa shape index (κ2) is 11.7. The van der Waals surface area contributed by atoms with E-state index in [-0.39, 0.29) is 17.7 Å². The zero-order valence-electron chi connectivity index (χ0n) is 20.9. The molecule has 1 aliphatic heterocycles. The minimum Gasteiger partial charge on any atom is -0.381 e. The standard InChI is InChI=1S/C28H31ClN4O3/c1-32(2)12-4-5-22-16-21(15-19-10-13-36-14-11-19)17-24-26(22)33(3)31-25(27(24)34)28(35)30-18-20-6-8-23(29)9-7-20/h6-9,16-17,19H,10-15,18H2,1-3H3,(H,30,35). The van der Waals surface area contributed by atoms with Gasteiger partial charge in [-0.2, -0.15) is 5.10 Å². The van der Waals surface area contributed by atoms with Gasteiger partial charge in [0.15, 0.2) is 5.69 Å². The molecule has 1 fully saturated rings. The van der Waals surface area contributed by atoms with Crippen molar-refractivity contribution in [2.75, 3.05) is 33.9 Å². The summed E-state index contributed by atoms with van der Waals surface area (Å²) in [7, 11) is 5.66. The molecule has 2 aromatic carbocycles. The Morgan fingerprint density at radius 2 is 1.92 bits per heavy atom. The predicted molar refractivity (Wildman–Crippen MR) is 142 cm³/mol. The van der Waals surface area contributed by atoms with Gasteiger partial charge in [-0.3, -0.25) is 19.2 Å². The number of carbonyl (C=O) groups excluding carboxylic acids is 1. The quantitative estimate of drug-likeness (QED) is 0.519. The molecule has 188 valence electrons. The number of halogens is 1. The van der Waals surface area contributed by atoms with E-state index in [1.54, 1.807) is 23.9 Å². The van der Waals surface area contributed by atoms with E-state index in [0.29, 0.717) is 28.4 Å². The first kappa shape index (κ1) is 25.9. The SMILES string of the molecule is CN(C)CC#Cc1cc(CC2CCOCC2)cc2c(=O)c(C(=O)NCc3ccc(Cl)cc3)nn(C)c12. The van der Waals surface area contributed by atoms with Gasteiger partial charge in [-0.05, 0) is 74.7 Å². The summed E-state index contributed by atoms with van der Waals surface area (Å²) < 4.78 is 7.09. The molecular formula is C28H31ClN4O3. The fourth-order valence-corrected chi connectivity index (χ4v) is 4.52. The van der Waals surface area contributed by atoms with Crippen LogP contribution in [-0.4, -0.2) is 54.4 Å². The number of hydrogen-bond donors (Lipinski definition) is 1. The first-order chi connectivity index (χ1) is 17.3. The highest BCUT2D eigenvalue weighted by Crippen LogP contribution is 2.24. The van der Waals surface area contributed by atoms with E-state index < -0.39 is 5.91 Å². The third kappa shape index (κ3) is 6.33. The Morgan fingerprint density at radius 3 is 2.61 bits per heavy atom. The molecule has 8 heteroatoms. The maximum Gasteiger partial charge on any atom is 0.276 e. The van der Waals surface area contributed by atoms with Crippen LogP contribution in [0.15, 0.2) is 41.2 Å². The van der Waals surface area contributed by atoms with Crippen molar-refractivity contribution in [1.82, 2.24) is 20.0 Å². The topological polar surface area (TPSA) is 76.5 Å². The van der Waals surface area contributed by atoms with Crippen LogP contribution in [0.1, 0.15) is 40.0 Å². The Kier molecular flexibility index (Phi) is 8.42. The number of rotatable bonds is 6. The summed E-state index contributed by atoms with van der Waals surface area (Å²) >= 11 is 5.94. The maximum absolute atomic E-state index is 13.5. The molecule has 4 rings (SSSR count). The third-order valence-electron chi connectivity index (χ3n) is 6.27. The summed E-state index contributed by atoms with van der Waals surface area (Å²) in [6.07, 6.45) is 2.82. The van der Waals surface area contributed by atoms with E-state index in [4.69, 9.17) is 16.3 Å². The molecule has 1 aromatic heterocycles. The number of benzene rings is 2. The van der Waals surface area contributed by atoms with Crippen LogP contribution in [0.2, 0.25) is 5.02 Å². The van der Waals surface area contributed by atoms with Crippen molar-refractivity contribution in [2.24, 2.45) is 13.0 Å². The van der Waals surface area contributed by atoms with Crippen LogP contribution in [0.25, 0.3) is 10.9 Å². The largest absolute Gasteiger partial charge is 0.381 e. The molecule has 0 aliphatic carbocycles. The molecule has 2 heterocycles. The molecule has 0 radical (unpaired) electrons. The molecule has 7 nitrogen and oxygen atoms in total. The van der Waals surface area contributed by atoms with E-state index in [2.05, 4.69) is 28.3 Å². The molecule has 1 N–H and O–H groups in total. The van der Waals surface area contributed by atoms with Crippen LogP contribution in [0.3, 0.4) is 0 Å². The maximum atomic E-state index is 13.5. The number of nitrogens with one attached hydrogen (secondary N) is 1. The molecule has 1 saturated heterocycles. The van der Waals surface area contributed by atoms with E-state index in [0.717, 1.165) is 49.2 Å². The van der Waals surface area contributed by atoms with Gasteiger partial charge in [0.1, 0.15) is 0 Å². The summed E-state index contributed by atoms with van der Waals surface area (Å²) in [4.78, 5) is 28.5. The summed E-state index contributed by atoms with van der Waals surface area (Å²) in [5, 5.41) is 8.24. The van der Waals surface area contributed by atoms with Crippen LogP contribution < -0.4 is 10.7 Å². The summed E-state index contributed by atoms with van der Waals surface area (Å²) in [5.41, 5.74) is 2.78. The van der Waals surface area contributed by atoms with E-state index in [1.165, 1.54) is 0 Å². The lowest BCUT2D eigenvalue weighted by molar-refractivity contribution is 0.0665. The van der Waals surface area contributed by atoms with Crippen molar-refractivity contribution < 1.29 is 9.53 Å². The van der Waals surface area contributed by atoms with Gasteiger partial charge >= 0.3 is 0 Å². The predicted octanol–water partition coefficient (Wildman–Crippen LogP) is 3.40. The number of amides is 1. The van der Waals surface area contributed by atoms with Gasteiger partial charge in [-0.1, -0.05) is 35.6 Å². The van der Waals surface area contributed by atoms with Crippen molar-refractivity contribution in [1.29, 1.82) is 0 Å². The van der Waals surface area contributed by atoms with Gasteiger partial charge in [0.05, 0.1) is 23.0 Å². The number of aromatic nitrogens is 2. The Hall–Kier alpha value is -3.18. The first-order valence-corrected chi connectivity index (χ1v) is 12.5.